The maximum atomic E-state index is 4.96. The van der Waals surface area contributed by atoms with Crippen LogP contribution >= 0.6 is 11.3 Å². The lowest BCUT2D eigenvalue weighted by Crippen LogP contribution is -2.32. The van der Waals surface area contributed by atoms with Crippen molar-refractivity contribution in [1.29, 1.82) is 0 Å². The fraction of sp³-hybridized carbons (Fsp3) is 0.529. The van der Waals surface area contributed by atoms with Crippen LogP contribution in [0.1, 0.15) is 49.4 Å². The van der Waals surface area contributed by atoms with E-state index in [2.05, 4.69) is 44.1 Å². The second kappa shape index (κ2) is 5.50. The van der Waals surface area contributed by atoms with E-state index in [-0.39, 0.29) is 0 Å². The Bertz CT molecular complexity index is 645. The lowest BCUT2D eigenvalue weighted by atomic mass is 9.76. The molecule has 0 fully saturated rings. The number of hydrogen-bond donors (Lipinski definition) is 1. The lowest BCUT2D eigenvalue weighted by Gasteiger charge is -2.34. The van der Waals surface area contributed by atoms with Gasteiger partial charge in [0.25, 0.3) is 0 Å². The van der Waals surface area contributed by atoms with Crippen molar-refractivity contribution in [3.05, 3.63) is 34.6 Å². The Labute approximate surface area is 130 Å². The molecule has 0 radical (unpaired) electrons. The molecule has 0 saturated carbocycles. The fourth-order valence-electron chi connectivity index (χ4n) is 3.17. The largest absolute Gasteiger partial charge is 0.309 e. The van der Waals surface area contributed by atoms with E-state index in [1.165, 1.54) is 28.1 Å². The van der Waals surface area contributed by atoms with E-state index in [1.54, 1.807) is 0 Å². The Balaban J connectivity index is 2.04. The quantitative estimate of drug-likeness (QED) is 0.926. The normalized spacial score (nSPS) is 20.3. The van der Waals surface area contributed by atoms with E-state index in [1.807, 2.05) is 23.7 Å². The van der Waals surface area contributed by atoms with Gasteiger partial charge in [0, 0.05) is 28.9 Å². The van der Waals surface area contributed by atoms with Gasteiger partial charge in [-0.3, -0.25) is 4.98 Å². The first-order chi connectivity index (χ1) is 10.00. The molecule has 1 aliphatic rings. The average Bonchev–Trinajstić information content (AvgIpc) is 2.81. The molecular formula is C17H23N3S. The molecule has 3 nitrogen and oxygen atoms in total. The van der Waals surface area contributed by atoms with E-state index in [0.29, 0.717) is 11.5 Å². The molecule has 1 N–H and O–H groups in total. The highest BCUT2D eigenvalue weighted by Gasteiger charge is 2.34. The zero-order chi connectivity index (χ0) is 15.0. The van der Waals surface area contributed by atoms with Gasteiger partial charge in [-0.05, 0) is 43.4 Å². The molecule has 0 spiro atoms. The minimum absolute atomic E-state index is 0.318. The first-order valence-electron chi connectivity index (χ1n) is 7.64. The van der Waals surface area contributed by atoms with Gasteiger partial charge in [-0.2, -0.15) is 0 Å². The first-order valence-corrected chi connectivity index (χ1v) is 8.46. The molecule has 0 saturated heterocycles. The van der Waals surface area contributed by atoms with Crippen LogP contribution in [0.5, 0.6) is 0 Å². The number of aromatic nitrogens is 2. The van der Waals surface area contributed by atoms with Crippen molar-refractivity contribution < 1.29 is 0 Å². The van der Waals surface area contributed by atoms with Gasteiger partial charge in [-0.15, -0.1) is 11.3 Å². The number of aryl methyl sites for hydroxylation is 1. The second-order valence-electron chi connectivity index (χ2n) is 6.68. The van der Waals surface area contributed by atoms with Crippen LogP contribution in [0.25, 0.3) is 10.6 Å². The first kappa shape index (κ1) is 14.7. The molecule has 1 unspecified atom stereocenters. The fourth-order valence-corrected chi connectivity index (χ4v) is 4.42. The van der Waals surface area contributed by atoms with Gasteiger partial charge in [0.15, 0.2) is 0 Å². The summed E-state index contributed by atoms with van der Waals surface area (Å²) in [5.74, 6) is 0. The predicted molar refractivity (Wildman–Crippen MR) is 88.6 cm³/mol. The summed E-state index contributed by atoms with van der Waals surface area (Å²) in [5, 5.41) is 4.77. The molecular weight excluding hydrogens is 278 g/mol. The summed E-state index contributed by atoms with van der Waals surface area (Å²) in [4.78, 5) is 10.6. The molecule has 2 aromatic heterocycles. The third-order valence-corrected chi connectivity index (χ3v) is 5.39. The van der Waals surface area contributed by atoms with Gasteiger partial charge in [0.1, 0.15) is 5.01 Å². The van der Waals surface area contributed by atoms with Gasteiger partial charge in [-0.25, -0.2) is 4.98 Å². The zero-order valence-corrected chi connectivity index (χ0v) is 14.0. The molecule has 1 atom stereocenters. The third-order valence-electron chi connectivity index (χ3n) is 4.15. The number of fused-ring (bicyclic) bond motifs is 1. The standard InChI is InChI=1S/C17H23N3S/c1-5-19-13-8-17(3,4)9-14-15(13)21-16(20-14)12-6-7-18-10-11(12)2/h6-7,10,13,19H,5,8-9H2,1-4H3. The highest BCUT2D eigenvalue weighted by Crippen LogP contribution is 2.44. The summed E-state index contributed by atoms with van der Waals surface area (Å²) >= 11 is 1.85. The number of nitrogens with one attached hydrogen (secondary N) is 1. The topological polar surface area (TPSA) is 37.8 Å². The van der Waals surface area contributed by atoms with Crippen molar-refractivity contribution in [3.63, 3.8) is 0 Å². The minimum Gasteiger partial charge on any atom is -0.309 e. The smallest absolute Gasteiger partial charge is 0.124 e. The van der Waals surface area contributed by atoms with Crippen molar-refractivity contribution in [2.24, 2.45) is 5.41 Å². The van der Waals surface area contributed by atoms with Gasteiger partial charge in [0.05, 0.1) is 5.69 Å². The average molecular weight is 301 g/mol. The summed E-state index contributed by atoms with van der Waals surface area (Å²) in [5.41, 5.74) is 4.02. The molecule has 2 heterocycles. The maximum Gasteiger partial charge on any atom is 0.124 e. The number of thiazole rings is 1. The Morgan fingerprint density at radius 3 is 2.95 bits per heavy atom. The third kappa shape index (κ3) is 2.87. The predicted octanol–water partition coefficient (Wildman–Crippen LogP) is 4.14. The molecule has 0 bridgehead atoms. The van der Waals surface area contributed by atoms with Gasteiger partial charge >= 0.3 is 0 Å². The van der Waals surface area contributed by atoms with Crippen LogP contribution in [0, 0.1) is 12.3 Å². The molecule has 0 aliphatic heterocycles. The molecule has 1 aliphatic carbocycles. The van der Waals surface area contributed by atoms with Gasteiger partial charge in [0.2, 0.25) is 0 Å². The Morgan fingerprint density at radius 2 is 2.24 bits per heavy atom. The van der Waals surface area contributed by atoms with Crippen molar-refractivity contribution in [2.45, 2.75) is 46.6 Å². The number of nitrogens with zero attached hydrogens (tertiary/aromatic N) is 2. The highest BCUT2D eigenvalue weighted by molar-refractivity contribution is 7.15. The summed E-state index contributed by atoms with van der Waals surface area (Å²) in [6, 6.07) is 2.52. The van der Waals surface area contributed by atoms with E-state index in [0.717, 1.165) is 18.0 Å². The van der Waals surface area contributed by atoms with E-state index in [9.17, 15) is 0 Å². The van der Waals surface area contributed by atoms with Gasteiger partial charge in [-0.1, -0.05) is 20.8 Å². The van der Waals surface area contributed by atoms with Crippen molar-refractivity contribution >= 4 is 11.3 Å². The van der Waals surface area contributed by atoms with Crippen molar-refractivity contribution in [1.82, 2.24) is 15.3 Å². The Hall–Kier alpha value is -1.26. The number of pyridine rings is 1. The van der Waals surface area contributed by atoms with E-state index < -0.39 is 0 Å². The number of hydrogen-bond acceptors (Lipinski definition) is 4. The highest BCUT2D eigenvalue weighted by atomic mass is 32.1. The van der Waals surface area contributed by atoms with Crippen LogP contribution < -0.4 is 5.32 Å². The summed E-state index contributed by atoms with van der Waals surface area (Å²) in [7, 11) is 0. The van der Waals surface area contributed by atoms with Crippen LogP contribution in [-0.2, 0) is 6.42 Å². The van der Waals surface area contributed by atoms with Crippen LogP contribution in [0.4, 0.5) is 0 Å². The summed E-state index contributed by atoms with van der Waals surface area (Å²) in [6.07, 6.45) is 6.03. The molecule has 0 aromatic carbocycles. The number of rotatable bonds is 3. The molecule has 0 amide bonds. The zero-order valence-electron chi connectivity index (χ0n) is 13.2. The lowest BCUT2D eigenvalue weighted by molar-refractivity contribution is 0.260. The van der Waals surface area contributed by atoms with Crippen molar-refractivity contribution in [3.8, 4) is 10.6 Å². The van der Waals surface area contributed by atoms with Crippen LogP contribution in [-0.4, -0.2) is 16.5 Å². The summed E-state index contributed by atoms with van der Waals surface area (Å²) in [6.45, 7) is 9.97. The molecule has 2 aromatic rings. The van der Waals surface area contributed by atoms with E-state index >= 15 is 0 Å². The van der Waals surface area contributed by atoms with Crippen molar-refractivity contribution in [2.75, 3.05) is 6.54 Å². The molecule has 4 heteroatoms. The minimum atomic E-state index is 0.318. The van der Waals surface area contributed by atoms with E-state index in [4.69, 9.17) is 4.98 Å². The van der Waals surface area contributed by atoms with Gasteiger partial charge < -0.3 is 5.32 Å². The Morgan fingerprint density at radius 1 is 1.43 bits per heavy atom. The van der Waals surface area contributed by atoms with Crippen LogP contribution in [0.2, 0.25) is 0 Å². The SMILES string of the molecule is CCNC1CC(C)(C)Cc2nc(-c3ccncc3C)sc21. The molecule has 112 valence electrons. The monoisotopic (exact) mass is 301 g/mol. The second-order valence-corrected chi connectivity index (χ2v) is 7.71. The van der Waals surface area contributed by atoms with Crippen LogP contribution in [0.15, 0.2) is 18.5 Å². The van der Waals surface area contributed by atoms with Crippen LogP contribution in [0.3, 0.4) is 0 Å². The maximum absolute atomic E-state index is 4.96. The summed E-state index contributed by atoms with van der Waals surface area (Å²) < 4.78 is 0. The molecule has 3 rings (SSSR count). The Kier molecular flexibility index (Phi) is 3.84. The molecule has 21 heavy (non-hydrogen) atoms.